The molecule has 0 radical (unpaired) electrons. The number of rotatable bonds is 6. The van der Waals surface area contributed by atoms with Gasteiger partial charge in [0.15, 0.2) is 5.75 Å². The van der Waals surface area contributed by atoms with Crippen molar-refractivity contribution in [3.8, 4) is 5.75 Å². The number of fused-ring (bicyclic) bond motifs is 1. The summed E-state index contributed by atoms with van der Waals surface area (Å²) in [7, 11) is 0. The zero-order valence-corrected chi connectivity index (χ0v) is 15.4. The highest BCUT2D eigenvalue weighted by Gasteiger charge is 2.23. The van der Waals surface area contributed by atoms with Gasteiger partial charge in [0.25, 0.3) is 0 Å². The van der Waals surface area contributed by atoms with Crippen molar-refractivity contribution in [1.29, 1.82) is 0 Å². The van der Waals surface area contributed by atoms with Gasteiger partial charge in [0.05, 0.1) is 27.5 Å². The van der Waals surface area contributed by atoms with Crippen molar-refractivity contribution in [1.82, 2.24) is 9.97 Å². The first-order chi connectivity index (χ1) is 13.5. The minimum Gasteiger partial charge on any atom is -0.486 e. The van der Waals surface area contributed by atoms with E-state index >= 15 is 0 Å². The molecule has 1 heterocycles. The third-order valence-corrected chi connectivity index (χ3v) is 5.08. The van der Waals surface area contributed by atoms with Gasteiger partial charge in [0, 0.05) is 17.8 Å². The SMILES string of the molecule is O=[N+]([O-])c1cc2c(Nc3ccc(F)c(Cl)c3)ncnc2cc1OCC1CCC1. The van der Waals surface area contributed by atoms with Gasteiger partial charge in [-0.2, -0.15) is 0 Å². The first-order valence-corrected chi connectivity index (χ1v) is 9.17. The zero-order chi connectivity index (χ0) is 19.7. The molecular formula is C19H16ClFN4O3. The van der Waals surface area contributed by atoms with Crippen molar-refractivity contribution in [3.05, 3.63) is 57.6 Å². The molecule has 28 heavy (non-hydrogen) atoms. The van der Waals surface area contributed by atoms with Crippen molar-refractivity contribution in [2.75, 3.05) is 11.9 Å². The van der Waals surface area contributed by atoms with E-state index in [1.807, 2.05) is 0 Å². The molecule has 0 spiro atoms. The van der Waals surface area contributed by atoms with Crippen LogP contribution in [0, 0.1) is 21.8 Å². The number of nitrogens with zero attached hydrogens (tertiary/aromatic N) is 3. The molecule has 3 aromatic rings. The van der Waals surface area contributed by atoms with E-state index in [9.17, 15) is 14.5 Å². The summed E-state index contributed by atoms with van der Waals surface area (Å²) in [6, 6.07) is 7.08. The first kappa shape index (κ1) is 18.4. The third kappa shape index (κ3) is 3.68. The van der Waals surface area contributed by atoms with E-state index in [4.69, 9.17) is 16.3 Å². The van der Waals surface area contributed by atoms with Crippen LogP contribution in [0.4, 0.5) is 21.6 Å². The van der Waals surface area contributed by atoms with Crippen molar-refractivity contribution in [2.24, 2.45) is 5.92 Å². The second kappa shape index (κ2) is 7.55. The van der Waals surface area contributed by atoms with Crippen LogP contribution in [0.1, 0.15) is 19.3 Å². The maximum Gasteiger partial charge on any atom is 0.311 e. The Hall–Kier alpha value is -3.00. The van der Waals surface area contributed by atoms with Crippen molar-refractivity contribution >= 4 is 39.7 Å². The van der Waals surface area contributed by atoms with E-state index < -0.39 is 10.7 Å². The monoisotopic (exact) mass is 402 g/mol. The lowest BCUT2D eigenvalue weighted by molar-refractivity contribution is -0.385. The lowest BCUT2D eigenvalue weighted by atomic mass is 9.86. The summed E-state index contributed by atoms with van der Waals surface area (Å²) in [6.45, 7) is 0.455. The van der Waals surface area contributed by atoms with Gasteiger partial charge in [-0.1, -0.05) is 18.0 Å². The molecule has 1 aliphatic rings. The molecule has 0 atom stereocenters. The maximum atomic E-state index is 13.4. The summed E-state index contributed by atoms with van der Waals surface area (Å²) in [5.41, 5.74) is 0.848. The number of ether oxygens (including phenoxy) is 1. The van der Waals surface area contributed by atoms with Gasteiger partial charge in [-0.25, -0.2) is 14.4 Å². The Bertz CT molecular complexity index is 1060. The average Bonchev–Trinajstić information content (AvgIpc) is 2.63. The Balaban J connectivity index is 1.70. The van der Waals surface area contributed by atoms with Gasteiger partial charge in [0.2, 0.25) is 0 Å². The Morgan fingerprint density at radius 3 is 2.79 bits per heavy atom. The quantitative estimate of drug-likeness (QED) is 0.447. The van der Waals surface area contributed by atoms with E-state index in [1.54, 1.807) is 6.07 Å². The number of anilines is 2. The fraction of sp³-hybridized carbons (Fsp3) is 0.263. The smallest absolute Gasteiger partial charge is 0.311 e. The summed E-state index contributed by atoms with van der Waals surface area (Å²) in [5.74, 6) is 0.449. The average molecular weight is 403 g/mol. The van der Waals surface area contributed by atoms with Crippen LogP contribution in [-0.2, 0) is 0 Å². The van der Waals surface area contributed by atoms with Gasteiger partial charge in [-0.15, -0.1) is 0 Å². The molecule has 0 aliphatic heterocycles. The summed E-state index contributed by atoms with van der Waals surface area (Å²) in [6.07, 6.45) is 4.68. The van der Waals surface area contributed by atoms with E-state index in [1.165, 1.54) is 37.0 Å². The fourth-order valence-electron chi connectivity index (χ4n) is 3.01. The van der Waals surface area contributed by atoms with Crippen LogP contribution >= 0.6 is 11.6 Å². The largest absolute Gasteiger partial charge is 0.486 e. The third-order valence-electron chi connectivity index (χ3n) is 4.79. The molecule has 144 valence electrons. The number of halogens is 2. The van der Waals surface area contributed by atoms with E-state index in [0.29, 0.717) is 34.9 Å². The highest BCUT2D eigenvalue weighted by molar-refractivity contribution is 6.31. The van der Waals surface area contributed by atoms with Crippen LogP contribution in [0.25, 0.3) is 10.9 Å². The number of benzene rings is 2. The van der Waals surface area contributed by atoms with E-state index in [-0.39, 0.29) is 16.5 Å². The van der Waals surface area contributed by atoms with Gasteiger partial charge in [0.1, 0.15) is 18.0 Å². The lowest BCUT2D eigenvalue weighted by Gasteiger charge is -2.25. The Kier molecular flexibility index (Phi) is 4.95. The van der Waals surface area contributed by atoms with Crippen LogP contribution in [0.2, 0.25) is 5.02 Å². The zero-order valence-electron chi connectivity index (χ0n) is 14.7. The molecular weight excluding hydrogens is 387 g/mol. The topological polar surface area (TPSA) is 90.2 Å². The second-order valence-electron chi connectivity index (χ2n) is 6.68. The van der Waals surface area contributed by atoms with E-state index in [2.05, 4.69) is 15.3 Å². The van der Waals surface area contributed by atoms with Gasteiger partial charge in [-0.3, -0.25) is 10.1 Å². The molecule has 1 aliphatic carbocycles. The standard InChI is InChI=1S/C19H16ClFN4O3/c20-14-6-12(4-5-15(14)21)24-19-13-7-17(25(26)27)18(8-16(13)22-10-23-19)28-9-11-2-1-3-11/h4-8,10-11H,1-3,9H2,(H,22,23,24). The number of nitro groups is 1. The number of hydrogen-bond acceptors (Lipinski definition) is 6. The minimum atomic E-state index is -0.538. The number of nitro benzene ring substituents is 1. The summed E-state index contributed by atoms with van der Waals surface area (Å²) in [5, 5.41) is 15.0. The molecule has 0 unspecified atom stereocenters. The Labute approximate surface area is 164 Å². The van der Waals surface area contributed by atoms with Crippen molar-refractivity contribution in [3.63, 3.8) is 0 Å². The molecule has 4 rings (SSSR count). The van der Waals surface area contributed by atoms with E-state index in [0.717, 1.165) is 12.8 Å². The minimum absolute atomic E-state index is 0.0407. The molecule has 1 N–H and O–H groups in total. The predicted octanol–water partition coefficient (Wildman–Crippen LogP) is 5.25. The second-order valence-corrected chi connectivity index (χ2v) is 7.09. The molecule has 0 bridgehead atoms. The Morgan fingerprint density at radius 2 is 2.11 bits per heavy atom. The maximum absolute atomic E-state index is 13.4. The van der Waals surface area contributed by atoms with Gasteiger partial charge < -0.3 is 10.1 Å². The molecule has 0 saturated heterocycles. The van der Waals surface area contributed by atoms with Crippen LogP contribution in [0.5, 0.6) is 5.75 Å². The van der Waals surface area contributed by atoms with Crippen molar-refractivity contribution in [2.45, 2.75) is 19.3 Å². The number of nitrogens with one attached hydrogen (secondary N) is 1. The normalized spacial score (nSPS) is 13.9. The molecule has 7 nitrogen and oxygen atoms in total. The van der Waals surface area contributed by atoms with Gasteiger partial charge in [-0.05, 0) is 37.0 Å². The predicted molar refractivity (Wildman–Crippen MR) is 104 cm³/mol. The summed E-state index contributed by atoms with van der Waals surface area (Å²) in [4.78, 5) is 19.4. The van der Waals surface area contributed by atoms with Crippen LogP contribution in [0.15, 0.2) is 36.7 Å². The van der Waals surface area contributed by atoms with Gasteiger partial charge >= 0.3 is 5.69 Å². The molecule has 1 fully saturated rings. The highest BCUT2D eigenvalue weighted by atomic mass is 35.5. The van der Waals surface area contributed by atoms with Crippen LogP contribution in [0.3, 0.4) is 0 Å². The van der Waals surface area contributed by atoms with Crippen LogP contribution < -0.4 is 10.1 Å². The fourth-order valence-corrected chi connectivity index (χ4v) is 3.19. The summed E-state index contributed by atoms with van der Waals surface area (Å²) >= 11 is 5.81. The molecule has 1 saturated carbocycles. The molecule has 9 heteroatoms. The first-order valence-electron chi connectivity index (χ1n) is 8.79. The lowest BCUT2D eigenvalue weighted by Crippen LogP contribution is -2.19. The van der Waals surface area contributed by atoms with Crippen molar-refractivity contribution < 1.29 is 14.1 Å². The molecule has 0 amide bonds. The number of hydrogen-bond donors (Lipinski definition) is 1. The molecule has 1 aromatic heterocycles. The molecule has 2 aromatic carbocycles. The number of aromatic nitrogens is 2. The summed E-state index contributed by atoms with van der Waals surface area (Å²) < 4.78 is 19.1. The Morgan fingerprint density at radius 1 is 1.29 bits per heavy atom. The highest BCUT2D eigenvalue weighted by Crippen LogP contribution is 2.36. The van der Waals surface area contributed by atoms with Crippen LogP contribution in [-0.4, -0.2) is 21.5 Å².